The normalized spacial score (nSPS) is 24.8. The van der Waals surface area contributed by atoms with Gasteiger partial charge in [-0.2, -0.15) is 0 Å². The number of nitrogens with zero attached hydrogens (tertiary/aromatic N) is 4. The Hall–Kier alpha value is -2.14. The summed E-state index contributed by atoms with van der Waals surface area (Å²) in [6, 6.07) is 8.22. The highest BCUT2D eigenvalue weighted by atomic mass is 15.2. The van der Waals surface area contributed by atoms with E-state index in [9.17, 15) is 0 Å². The molecule has 2 aliphatic heterocycles. The average Bonchev–Trinajstić information content (AvgIpc) is 2.78. The number of nitrogens with two attached hydrogens (primary N) is 1. The first kappa shape index (κ1) is 11.0. The first-order valence-electron chi connectivity index (χ1n) is 5.74. The number of aliphatic imine (C=N–C) groups is 4. The maximum absolute atomic E-state index is 6.34. The number of rotatable bonds is 2. The molecular weight excluding hydrogens is 226 g/mol. The summed E-state index contributed by atoms with van der Waals surface area (Å²) < 4.78 is 0. The van der Waals surface area contributed by atoms with Gasteiger partial charge in [-0.1, -0.05) is 29.8 Å². The molecule has 1 aromatic rings. The fourth-order valence-electron chi connectivity index (χ4n) is 2.17. The summed E-state index contributed by atoms with van der Waals surface area (Å²) in [7, 11) is 0. The molecule has 1 atom stereocenters. The lowest BCUT2D eigenvalue weighted by molar-refractivity contribution is 0.597. The second-order valence-electron chi connectivity index (χ2n) is 4.51. The summed E-state index contributed by atoms with van der Waals surface area (Å²) in [6.07, 6.45) is 3.53. The largest absolute Gasteiger partial charge is 0.302 e. The summed E-state index contributed by atoms with van der Waals surface area (Å²) in [5.74, 6) is 0.570. The van der Waals surface area contributed by atoms with E-state index in [1.165, 1.54) is 18.2 Å². The van der Waals surface area contributed by atoms with Crippen molar-refractivity contribution in [2.24, 2.45) is 25.7 Å². The lowest BCUT2D eigenvalue weighted by Crippen LogP contribution is -2.52. The zero-order valence-corrected chi connectivity index (χ0v) is 10.0. The number of benzene rings is 1. The maximum atomic E-state index is 6.34. The molecular formula is C13H13N5. The van der Waals surface area contributed by atoms with E-state index in [2.05, 4.69) is 39.0 Å². The van der Waals surface area contributed by atoms with Crippen LogP contribution in [0.2, 0.25) is 0 Å². The van der Waals surface area contributed by atoms with Crippen molar-refractivity contribution in [2.45, 2.75) is 19.0 Å². The number of fused-ring (bicyclic) bond motifs is 1. The predicted octanol–water partition coefficient (Wildman–Crippen LogP) is 1.12. The molecule has 0 bridgehead atoms. The molecule has 0 saturated heterocycles. The van der Waals surface area contributed by atoms with Gasteiger partial charge in [-0.25, -0.2) is 20.0 Å². The Morgan fingerprint density at radius 2 is 2.11 bits per heavy atom. The minimum Gasteiger partial charge on any atom is -0.302 e. The molecule has 5 nitrogen and oxygen atoms in total. The third-order valence-corrected chi connectivity index (χ3v) is 3.01. The number of hydrogen-bond acceptors (Lipinski definition) is 5. The standard InChI is InChI=1S/C13H13N5/c1-9-3-2-4-10(5-9)6-13(14)11-12(16-7-15-11)17-8-18-13/h2-5,7-8H,6,14H2,1H3. The third kappa shape index (κ3) is 1.78. The van der Waals surface area contributed by atoms with E-state index in [4.69, 9.17) is 5.73 Å². The second-order valence-corrected chi connectivity index (χ2v) is 4.51. The van der Waals surface area contributed by atoms with Crippen LogP contribution in [0.25, 0.3) is 0 Å². The van der Waals surface area contributed by atoms with Crippen LogP contribution in [0.1, 0.15) is 11.1 Å². The van der Waals surface area contributed by atoms with E-state index < -0.39 is 5.66 Å². The molecule has 18 heavy (non-hydrogen) atoms. The average molecular weight is 239 g/mol. The highest BCUT2D eigenvalue weighted by molar-refractivity contribution is 6.50. The molecule has 3 rings (SSSR count). The van der Waals surface area contributed by atoms with E-state index in [1.807, 2.05) is 12.1 Å². The van der Waals surface area contributed by atoms with E-state index >= 15 is 0 Å². The first-order valence-corrected chi connectivity index (χ1v) is 5.74. The lowest BCUT2D eigenvalue weighted by atomic mass is 9.94. The fourth-order valence-corrected chi connectivity index (χ4v) is 2.17. The van der Waals surface area contributed by atoms with E-state index in [0.29, 0.717) is 18.0 Å². The molecule has 0 amide bonds. The molecule has 0 radical (unpaired) electrons. The molecule has 2 aliphatic rings. The van der Waals surface area contributed by atoms with E-state index in [1.54, 1.807) is 0 Å². The molecule has 1 unspecified atom stereocenters. The van der Waals surface area contributed by atoms with E-state index in [0.717, 1.165) is 5.56 Å². The smallest absolute Gasteiger partial charge is 0.180 e. The van der Waals surface area contributed by atoms with Crippen LogP contribution in [0.3, 0.4) is 0 Å². The number of hydrogen-bond donors (Lipinski definition) is 1. The molecule has 0 fully saturated rings. The van der Waals surface area contributed by atoms with Gasteiger partial charge < -0.3 is 5.73 Å². The molecule has 5 heteroatoms. The van der Waals surface area contributed by atoms with Crippen molar-refractivity contribution >= 4 is 24.2 Å². The summed E-state index contributed by atoms with van der Waals surface area (Å²) in [5.41, 5.74) is 8.46. The second kappa shape index (κ2) is 3.96. The van der Waals surface area contributed by atoms with Gasteiger partial charge in [0.2, 0.25) is 0 Å². The van der Waals surface area contributed by atoms with Crippen LogP contribution in [0, 0.1) is 6.92 Å². The van der Waals surface area contributed by atoms with Crippen LogP contribution in [-0.4, -0.2) is 29.9 Å². The van der Waals surface area contributed by atoms with Gasteiger partial charge in [0.25, 0.3) is 0 Å². The Morgan fingerprint density at radius 1 is 1.22 bits per heavy atom. The summed E-state index contributed by atoms with van der Waals surface area (Å²) >= 11 is 0. The van der Waals surface area contributed by atoms with E-state index in [-0.39, 0.29) is 0 Å². The van der Waals surface area contributed by atoms with Gasteiger partial charge in [-0.05, 0) is 12.5 Å². The number of amidine groups is 1. The third-order valence-electron chi connectivity index (χ3n) is 3.01. The van der Waals surface area contributed by atoms with Gasteiger partial charge in [-0.15, -0.1) is 0 Å². The Kier molecular flexibility index (Phi) is 2.41. The fraction of sp³-hybridized carbons (Fsp3) is 0.231. The summed E-state index contributed by atoms with van der Waals surface area (Å²) in [4.78, 5) is 16.6. The molecule has 0 aliphatic carbocycles. The van der Waals surface area contributed by atoms with Gasteiger partial charge in [0, 0.05) is 6.42 Å². The zero-order valence-electron chi connectivity index (χ0n) is 10.0. The Labute approximate surface area is 105 Å². The number of aryl methyl sites for hydroxylation is 1. The minimum absolute atomic E-state index is 0.570. The molecule has 90 valence electrons. The van der Waals surface area contributed by atoms with Gasteiger partial charge in [0.05, 0.1) is 0 Å². The summed E-state index contributed by atoms with van der Waals surface area (Å²) in [6.45, 7) is 2.06. The van der Waals surface area contributed by atoms with Crippen LogP contribution >= 0.6 is 0 Å². The monoisotopic (exact) mass is 239 g/mol. The first-order chi connectivity index (χ1) is 8.67. The van der Waals surface area contributed by atoms with Crippen LogP contribution in [-0.2, 0) is 6.42 Å². The van der Waals surface area contributed by atoms with Crippen LogP contribution in [0.5, 0.6) is 0 Å². The highest BCUT2D eigenvalue weighted by Crippen LogP contribution is 2.20. The van der Waals surface area contributed by atoms with Crippen molar-refractivity contribution in [3.05, 3.63) is 35.4 Å². The van der Waals surface area contributed by atoms with Crippen LogP contribution < -0.4 is 5.73 Å². The minimum atomic E-state index is -0.860. The Balaban J connectivity index is 1.93. The maximum Gasteiger partial charge on any atom is 0.180 e. The van der Waals surface area contributed by atoms with Crippen LogP contribution in [0.4, 0.5) is 0 Å². The Morgan fingerprint density at radius 3 is 2.94 bits per heavy atom. The van der Waals surface area contributed by atoms with Gasteiger partial charge in [0.1, 0.15) is 18.4 Å². The van der Waals surface area contributed by atoms with Crippen LogP contribution in [0.15, 0.2) is 44.2 Å². The lowest BCUT2D eigenvalue weighted by Gasteiger charge is -2.26. The SMILES string of the molecule is Cc1cccc(CC2(N)N=CN=C3N=CN=C32)c1. The topological polar surface area (TPSA) is 75.5 Å². The molecule has 2 heterocycles. The van der Waals surface area contributed by atoms with Crippen molar-refractivity contribution in [1.29, 1.82) is 0 Å². The van der Waals surface area contributed by atoms with Crippen molar-refractivity contribution < 1.29 is 0 Å². The van der Waals surface area contributed by atoms with Gasteiger partial charge >= 0.3 is 0 Å². The summed E-state index contributed by atoms with van der Waals surface area (Å²) in [5, 5.41) is 0. The highest BCUT2D eigenvalue weighted by Gasteiger charge is 2.37. The molecule has 0 spiro atoms. The van der Waals surface area contributed by atoms with Crippen molar-refractivity contribution in [3.8, 4) is 0 Å². The molecule has 1 aromatic carbocycles. The Bertz CT molecular complexity index is 612. The molecule has 0 aromatic heterocycles. The molecule has 0 saturated carbocycles. The zero-order chi connectivity index (χ0) is 12.6. The molecule has 2 N–H and O–H groups in total. The van der Waals surface area contributed by atoms with Crippen molar-refractivity contribution in [2.75, 3.05) is 0 Å². The van der Waals surface area contributed by atoms with Crippen molar-refractivity contribution in [1.82, 2.24) is 0 Å². The predicted molar refractivity (Wildman–Crippen MR) is 73.7 cm³/mol. The van der Waals surface area contributed by atoms with Crippen molar-refractivity contribution in [3.63, 3.8) is 0 Å². The van der Waals surface area contributed by atoms with Gasteiger partial charge in [-0.3, -0.25) is 0 Å². The quantitative estimate of drug-likeness (QED) is 0.824. The van der Waals surface area contributed by atoms with Gasteiger partial charge in [0.15, 0.2) is 11.5 Å².